The highest BCUT2D eigenvalue weighted by Gasteiger charge is 2.09. The van der Waals surface area contributed by atoms with Gasteiger partial charge in [-0.05, 0) is 42.0 Å². The number of benzene rings is 2. The highest BCUT2D eigenvalue weighted by molar-refractivity contribution is 7.90. The molecule has 5 nitrogen and oxygen atoms in total. The van der Waals surface area contributed by atoms with E-state index in [2.05, 4.69) is 9.97 Å². The fraction of sp³-hybridized carbons (Fsp3) is 0.0500. The normalized spacial score (nSPS) is 11.7. The average Bonchev–Trinajstić information content (AvgIpc) is 3.04. The molecule has 0 saturated heterocycles. The number of pyridine rings is 1. The zero-order valence-electron chi connectivity index (χ0n) is 14.0. The Balaban J connectivity index is 1.74. The largest absolute Gasteiger partial charge is 0.508 e. The maximum atomic E-state index is 11.6. The first-order valence-corrected chi connectivity index (χ1v) is 9.87. The van der Waals surface area contributed by atoms with Crippen LogP contribution in [0.2, 0.25) is 0 Å². The summed E-state index contributed by atoms with van der Waals surface area (Å²) >= 11 is 0. The molecule has 2 aromatic heterocycles. The van der Waals surface area contributed by atoms with Crippen molar-refractivity contribution in [3.63, 3.8) is 0 Å². The van der Waals surface area contributed by atoms with Crippen molar-refractivity contribution in [1.82, 2.24) is 9.97 Å². The van der Waals surface area contributed by atoms with Crippen molar-refractivity contribution in [1.29, 1.82) is 0 Å². The fourth-order valence-corrected chi connectivity index (χ4v) is 3.54. The molecule has 0 aliphatic heterocycles. The van der Waals surface area contributed by atoms with Crippen LogP contribution in [0, 0.1) is 0 Å². The summed E-state index contributed by atoms with van der Waals surface area (Å²) in [5.74, 6) is 0.212. The molecule has 0 saturated carbocycles. The molecule has 0 bridgehead atoms. The topological polar surface area (TPSA) is 83.1 Å². The lowest BCUT2D eigenvalue weighted by molar-refractivity contribution is 0.476. The van der Waals surface area contributed by atoms with Gasteiger partial charge in [0.1, 0.15) is 5.75 Å². The van der Waals surface area contributed by atoms with E-state index < -0.39 is 9.84 Å². The van der Waals surface area contributed by atoms with Gasteiger partial charge in [0.05, 0.1) is 4.90 Å². The number of phenolic OH excluding ortho intramolecular Hbond substituents is 1. The summed E-state index contributed by atoms with van der Waals surface area (Å²) in [6, 6.07) is 15.9. The van der Waals surface area contributed by atoms with E-state index in [1.807, 2.05) is 18.2 Å². The number of fused-ring (bicyclic) bond motifs is 1. The van der Waals surface area contributed by atoms with Gasteiger partial charge in [-0.2, -0.15) is 0 Å². The van der Waals surface area contributed by atoms with E-state index in [4.69, 9.17) is 0 Å². The molecule has 0 unspecified atom stereocenters. The smallest absolute Gasteiger partial charge is 0.175 e. The number of hydrogen-bond acceptors (Lipinski definition) is 4. The van der Waals surface area contributed by atoms with Gasteiger partial charge in [0.2, 0.25) is 0 Å². The molecular formula is C20H16N2O3S. The van der Waals surface area contributed by atoms with E-state index >= 15 is 0 Å². The quantitative estimate of drug-likeness (QED) is 0.575. The summed E-state index contributed by atoms with van der Waals surface area (Å²) in [4.78, 5) is 7.88. The third-order valence-electron chi connectivity index (χ3n) is 4.27. The number of aromatic hydroxyl groups is 1. The predicted molar refractivity (Wildman–Crippen MR) is 102 cm³/mol. The second kappa shape index (κ2) is 6.00. The van der Waals surface area contributed by atoms with Crippen LogP contribution in [-0.2, 0) is 9.84 Å². The first-order valence-electron chi connectivity index (χ1n) is 7.98. The number of sulfone groups is 1. The number of aromatic nitrogens is 2. The Kier molecular flexibility index (Phi) is 3.77. The van der Waals surface area contributed by atoms with Crippen molar-refractivity contribution in [2.45, 2.75) is 4.90 Å². The highest BCUT2D eigenvalue weighted by Crippen LogP contribution is 2.29. The molecule has 0 radical (unpaired) electrons. The Morgan fingerprint density at radius 1 is 0.885 bits per heavy atom. The third-order valence-corrected chi connectivity index (χ3v) is 5.40. The van der Waals surface area contributed by atoms with Crippen LogP contribution in [-0.4, -0.2) is 29.7 Å². The molecule has 26 heavy (non-hydrogen) atoms. The summed E-state index contributed by atoms with van der Waals surface area (Å²) in [6.45, 7) is 0. The van der Waals surface area contributed by atoms with Crippen LogP contribution in [0.3, 0.4) is 0 Å². The molecule has 4 aromatic rings. The summed E-state index contributed by atoms with van der Waals surface area (Å²) in [5, 5.41) is 10.6. The molecular weight excluding hydrogens is 348 g/mol. The highest BCUT2D eigenvalue weighted by atomic mass is 32.2. The van der Waals surface area contributed by atoms with Gasteiger partial charge in [-0.1, -0.05) is 12.1 Å². The number of phenols is 1. The lowest BCUT2D eigenvalue weighted by Gasteiger charge is -2.05. The maximum absolute atomic E-state index is 11.6. The van der Waals surface area contributed by atoms with Crippen molar-refractivity contribution in [2.24, 2.45) is 0 Å². The minimum absolute atomic E-state index is 0.212. The van der Waals surface area contributed by atoms with Gasteiger partial charge in [-0.15, -0.1) is 0 Å². The van der Waals surface area contributed by atoms with Crippen LogP contribution in [0.5, 0.6) is 5.75 Å². The minimum atomic E-state index is -3.21. The zero-order chi connectivity index (χ0) is 18.3. The van der Waals surface area contributed by atoms with Gasteiger partial charge >= 0.3 is 0 Å². The Labute approximate surface area is 150 Å². The van der Waals surface area contributed by atoms with Gasteiger partial charge < -0.3 is 10.1 Å². The Hall–Kier alpha value is -3.12. The average molecular weight is 364 g/mol. The second-order valence-electron chi connectivity index (χ2n) is 6.21. The summed E-state index contributed by atoms with van der Waals surface area (Å²) in [6.07, 6.45) is 4.70. The van der Waals surface area contributed by atoms with Gasteiger partial charge in [0, 0.05) is 52.4 Å². The molecule has 2 N–H and O–H groups in total. The van der Waals surface area contributed by atoms with E-state index in [0.29, 0.717) is 4.90 Å². The van der Waals surface area contributed by atoms with Gasteiger partial charge in [-0.25, -0.2) is 8.42 Å². The first-order chi connectivity index (χ1) is 12.4. The Bertz CT molecular complexity index is 1210. The third kappa shape index (κ3) is 3.07. The molecule has 0 fully saturated rings. The molecule has 2 heterocycles. The summed E-state index contributed by atoms with van der Waals surface area (Å²) in [5.41, 5.74) is 4.44. The number of nitrogens with one attached hydrogen (secondary N) is 1. The van der Waals surface area contributed by atoms with Gasteiger partial charge in [0.25, 0.3) is 0 Å². The number of aromatic amines is 1. The van der Waals surface area contributed by atoms with E-state index in [-0.39, 0.29) is 5.75 Å². The van der Waals surface area contributed by atoms with Crippen molar-refractivity contribution in [3.05, 3.63) is 67.0 Å². The molecule has 6 heteroatoms. The minimum Gasteiger partial charge on any atom is -0.508 e. The van der Waals surface area contributed by atoms with Crippen LogP contribution in [0.1, 0.15) is 0 Å². The van der Waals surface area contributed by atoms with Crippen LogP contribution in [0.4, 0.5) is 0 Å². The standard InChI is InChI=1S/C20H16N2O3S/c1-26(24,25)18-6-3-13(4-7-18)15-8-16(12-21-11-15)19-9-14-2-5-17(23)10-20(14)22-19/h2-12,22-23H,1H3. The second-order valence-corrected chi connectivity index (χ2v) is 8.23. The lowest BCUT2D eigenvalue weighted by atomic mass is 10.1. The SMILES string of the molecule is CS(=O)(=O)c1ccc(-c2cncc(-c3cc4ccc(O)cc4[nH]3)c2)cc1. The molecule has 0 aliphatic carbocycles. The van der Waals surface area contributed by atoms with E-state index in [0.717, 1.165) is 33.3 Å². The molecule has 0 aliphatic rings. The van der Waals surface area contributed by atoms with Crippen LogP contribution < -0.4 is 0 Å². The lowest BCUT2D eigenvalue weighted by Crippen LogP contribution is -1.96. The first kappa shape index (κ1) is 16.4. The molecule has 0 spiro atoms. The summed E-state index contributed by atoms with van der Waals surface area (Å²) in [7, 11) is -3.21. The number of nitrogens with zero attached hydrogens (tertiary/aromatic N) is 1. The number of rotatable bonds is 3. The molecule has 4 rings (SSSR count). The number of hydrogen-bond donors (Lipinski definition) is 2. The molecule has 2 aromatic carbocycles. The molecule has 0 amide bonds. The molecule has 0 atom stereocenters. The fourth-order valence-electron chi connectivity index (χ4n) is 2.91. The van der Waals surface area contributed by atoms with Gasteiger partial charge in [-0.3, -0.25) is 4.98 Å². The Morgan fingerprint density at radius 2 is 1.62 bits per heavy atom. The van der Waals surface area contributed by atoms with Crippen molar-refractivity contribution < 1.29 is 13.5 Å². The van der Waals surface area contributed by atoms with Gasteiger partial charge in [0.15, 0.2) is 9.84 Å². The summed E-state index contributed by atoms with van der Waals surface area (Å²) < 4.78 is 23.2. The predicted octanol–water partition coefficient (Wildman–Crippen LogP) is 4.01. The zero-order valence-corrected chi connectivity index (χ0v) is 14.8. The maximum Gasteiger partial charge on any atom is 0.175 e. The molecule has 130 valence electrons. The van der Waals surface area contributed by atoms with Crippen molar-refractivity contribution >= 4 is 20.7 Å². The number of H-pyrrole nitrogens is 1. The van der Waals surface area contributed by atoms with E-state index in [9.17, 15) is 13.5 Å². The van der Waals surface area contributed by atoms with Crippen molar-refractivity contribution in [2.75, 3.05) is 6.26 Å². The van der Waals surface area contributed by atoms with E-state index in [1.54, 1.807) is 48.8 Å². The van der Waals surface area contributed by atoms with Crippen LogP contribution in [0.15, 0.2) is 71.9 Å². The monoisotopic (exact) mass is 364 g/mol. The van der Waals surface area contributed by atoms with Crippen molar-refractivity contribution in [3.8, 4) is 28.1 Å². The van der Waals surface area contributed by atoms with Crippen LogP contribution >= 0.6 is 0 Å². The Morgan fingerprint density at radius 3 is 2.35 bits per heavy atom. The van der Waals surface area contributed by atoms with E-state index in [1.165, 1.54) is 6.26 Å². The van der Waals surface area contributed by atoms with Crippen LogP contribution in [0.25, 0.3) is 33.3 Å².